The van der Waals surface area contributed by atoms with Crippen molar-refractivity contribution >= 4 is 66.7 Å². The molecule has 0 saturated carbocycles. The molecule has 0 fully saturated rings. The average Bonchev–Trinajstić information content (AvgIpc) is 2.83. The summed E-state index contributed by atoms with van der Waals surface area (Å²) in [5.41, 5.74) is 1.39. The number of hydrogen-bond donors (Lipinski definition) is 1. The van der Waals surface area contributed by atoms with Crippen LogP contribution in [-0.4, -0.2) is 38.0 Å². The molecule has 0 amide bonds. The number of benzene rings is 5. The van der Waals surface area contributed by atoms with Crippen molar-refractivity contribution in [2.24, 2.45) is 0 Å². The van der Waals surface area contributed by atoms with E-state index >= 15 is 0 Å². The van der Waals surface area contributed by atoms with Crippen LogP contribution in [0.4, 0.5) is 13.2 Å². The molecule has 0 unspecified atom stereocenters. The fourth-order valence-corrected chi connectivity index (χ4v) is 12.6. The summed E-state index contributed by atoms with van der Waals surface area (Å²) in [6.45, 7) is 0. The van der Waals surface area contributed by atoms with E-state index in [4.69, 9.17) is 3.27 Å². The third-order valence-corrected chi connectivity index (χ3v) is 13.4. The van der Waals surface area contributed by atoms with Crippen molar-refractivity contribution in [2.75, 3.05) is 5.75 Å². The van der Waals surface area contributed by atoms with E-state index in [0.717, 1.165) is 43.1 Å². The van der Waals surface area contributed by atoms with Gasteiger partial charge in [0.25, 0.3) is 0 Å². The van der Waals surface area contributed by atoms with E-state index in [1.54, 1.807) is 0 Å². The van der Waals surface area contributed by atoms with Crippen molar-refractivity contribution in [3.05, 3.63) is 71.8 Å². The SMILES string of the molecule is O=S(=O)(CC(F)(F)F)O[Se]1(O)Cc2ccc3cccc4c5cccc6ccc(c(c2c34)c65)C1. The summed E-state index contributed by atoms with van der Waals surface area (Å²) in [5.74, 6) is -2.12. The summed E-state index contributed by atoms with van der Waals surface area (Å²) < 4.78 is 79.4. The molecule has 0 radical (unpaired) electrons. The van der Waals surface area contributed by atoms with E-state index in [1.807, 2.05) is 60.7 Å². The molecule has 4 nitrogen and oxygen atoms in total. The maximum atomic E-state index is 12.8. The molecule has 1 aliphatic heterocycles. The van der Waals surface area contributed by atoms with E-state index in [9.17, 15) is 25.8 Å². The van der Waals surface area contributed by atoms with Crippen LogP contribution in [0.1, 0.15) is 11.1 Å². The van der Waals surface area contributed by atoms with Gasteiger partial charge in [-0.15, -0.1) is 0 Å². The van der Waals surface area contributed by atoms with E-state index in [2.05, 4.69) is 0 Å². The Hall–Kier alpha value is -2.42. The molecule has 5 aromatic carbocycles. The second-order valence-electron chi connectivity index (χ2n) is 8.45. The zero-order chi connectivity index (χ0) is 23.2. The first-order valence-electron chi connectivity index (χ1n) is 10.2. The fourth-order valence-electron chi connectivity index (χ4n) is 5.11. The van der Waals surface area contributed by atoms with Gasteiger partial charge in [0.05, 0.1) is 0 Å². The molecule has 9 heteroatoms. The van der Waals surface area contributed by atoms with Crippen LogP contribution >= 0.6 is 0 Å². The van der Waals surface area contributed by atoms with Crippen LogP contribution in [-0.2, 0) is 24.0 Å². The van der Waals surface area contributed by atoms with Crippen molar-refractivity contribution in [3.8, 4) is 0 Å². The normalized spacial score (nSPS) is 17.3. The molecule has 0 spiro atoms. The molecule has 0 atom stereocenters. The first-order chi connectivity index (χ1) is 15.5. The van der Waals surface area contributed by atoms with E-state index in [0.29, 0.717) is 11.1 Å². The molecule has 1 aliphatic rings. The van der Waals surface area contributed by atoms with E-state index in [1.165, 1.54) is 0 Å². The van der Waals surface area contributed by atoms with Crippen LogP contribution in [0.5, 0.6) is 0 Å². The number of halogens is 3. The Morgan fingerprint density at radius 2 is 1.27 bits per heavy atom. The van der Waals surface area contributed by atoms with Crippen molar-refractivity contribution in [1.29, 1.82) is 0 Å². The topological polar surface area (TPSA) is 63.6 Å². The molecule has 0 saturated heterocycles. The van der Waals surface area contributed by atoms with Gasteiger partial charge in [0.1, 0.15) is 0 Å². The molecule has 5 aromatic rings. The number of rotatable bonds is 3. The summed E-state index contributed by atoms with van der Waals surface area (Å²) in [6.07, 6.45) is -4.95. The van der Waals surface area contributed by atoms with Gasteiger partial charge in [-0.05, 0) is 0 Å². The standard InChI is InChI=1S/C24H17F3O4SSe/c25-24(26,27)13-32(28,29)31-33(30)11-16-9-7-14-3-1-5-18-19-6-2-4-15-8-10-17(12-33)23(21(15)19)22(16)20(14)18/h1-10,30H,11-13H2. The molecule has 0 aliphatic carbocycles. The fraction of sp³-hybridized carbons (Fsp3) is 0.167. The third kappa shape index (κ3) is 3.38. The van der Waals surface area contributed by atoms with Crippen molar-refractivity contribution in [2.45, 2.75) is 16.8 Å². The van der Waals surface area contributed by atoms with Gasteiger partial charge >= 0.3 is 190 Å². The predicted octanol–water partition coefficient (Wildman–Crippen LogP) is 5.26. The Kier molecular flexibility index (Phi) is 4.36. The van der Waals surface area contributed by atoms with Gasteiger partial charge < -0.3 is 0 Å². The Morgan fingerprint density at radius 1 is 0.788 bits per heavy atom. The number of hydrogen-bond acceptors (Lipinski definition) is 4. The summed E-state index contributed by atoms with van der Waals surface area (Å²) in [6, 6.07) is 19.5. The first kappa shape index (κ1) is 21.1. The average molecular weight is 537 g/mol. The van der Waals surface area contributed by atoms with Crippen LogP contribution in [0.2, 0.25) is 0 Å². The van der Waals surface area contributed by atoms with Crippen molar-refractivity contribution < 1.29 is 29.0 Å². The molecule has 6 rings (SSSR count). The summed E-state index contributed by atoms with van der Waals surface area (Å²) >= 11 is -4.40. The first-order valence-corrected chi connectivity index (χ1v) is 15.6. The third-order valence-electron chi connectivity index (χ3n) is 6.14. The van der Waals surface area contributed by atoms with Gasteiger partial charge in [0.15, 0.2) is 0 Å². The van der Waals surface area contributed by atoms with Crippen molar-refractivity contribution in [1.82, 2.24) is 0 Å². The van der Waals surface area contributed by atoms with Gasteiger partial charge in [0.2, 0.25) is 0 Å². The summed E-state index contributed by atoms with van der Waals surface area (Å²) in [7, 11) is -5.00. The Morgan fingerprint density at radius 3 is 1.73 bits per heavy atom. The van der Waals surface area contributed by atoms with Crippen LogP contribution in [0.15, 0.2) is 60.7 Å². The minimum absolute atomic E-state index is 0.106. The van der Waals surface area contributed by atoms with E-state index < -0.39 is 35.6 Å². The summed E-state index contributed by atoms with van der Waals surface area (Å²) in [4.78, 5) is 0. The molecule has 0 aromatic heterocycles. The molecule has 170 valence electrons. The molecular weight excluding hydrogens is 520 g/mol. The number of fused-ring (bicyclic) bond motifs is 1. The minimum atomic E-state index is -5.00. The Labute approximate surface area is 189 Å². The number of alkyl halides is 3. The summed E-state index contributed by atoms with van der Waals surface area (Å²) in [5, 5.41) is 7.70. The monoisotopic (exact) mass is 538 g/mol. The van der Waals surface area contributed by atoms with Gasteiger partial charge in [-0.2, -0.15) is 0 Å². The predicted molar refractivity (Wildman–Crippen MR) is 124 cm³/mol. The zero-order valence-electron chi connectivity index (χ0n) is 17.0. The quantitative estimate of drug-likeness (QED) is 0.194. The van der Waals surface area contributed by atoms with Crippen LogP contribution in [0, 0.1) is 0 Å². The Bertz CT molecular complexity index is 1600. The molecule has 33 heavy (non-hydrogen) atoms. The van der Waals surface area contributed by atoms with Crippen LogP contribution in [0.25, 0.3) is 43.1 Å². The van der Waals surface area contributed by atoms with Gasteiger partial charge in [-0.25, -0.2) is 0 Å². The van der Waals surface area contributed by atoms with Gasteiger partial charge in [-0.3, -0.25) is 0 Å². The Balaban J connectivity index is 1.67. The molecule has 1 heterocycles. The second kappa shape index (κ2) is 6.81. The van der Waals surface area contributed by atoms with E-state index in [-0.39, 0.29) is 10.6 Å². The van der Waals surface area contributed by atoms with Gasteiger partial charge in [0, 0.05) is 0 Å². The molecule has 0 bridgehead atoms. The van der Waals surface area contributed by atoms with Crippen molar-refractivity contribution in [3.63, 3.8) is 0 Å². The zero-order valence-corrected chi connectivity index (χ0v) is 19.5. The van der Waals surface area contributed by atoms with Crippen LogP contribution in [0.3, 0.4) is 0 Å². The second-order valence-corrected chi connectivity index (χ2v) is 15.3. The van der Waals surface area contributed by atoms with Crippen LogP contribution < -0.4 is 0 Å². The molecule has 1 N–H and O–H groups in total. The molecular formula is C24H17F3O4SSe. The maximum absolute atomic E-state index is 12.8. The van der Waals surface area contributed by atoms with Gasteiger partial charge in [-0.1, -0.05) is 0 Å².